The molecule has 1 amide bonds. The molecular formula is C7H13NO4S. The fourth-order valence-electron chi connectivity index (χ4n) is 0.667. The largest absolute Gasteiger partial charge is 0.366 e. The van der Waals surface area contributed by atoms with E-state index in [1.807, 2.05) is 0 Å². The predicted octanol–water partition coefficient (Wildman–Crippen LogP) is 0.0844. The van der Waals surface area contributed by atoms with Gasteiger partial charge in [-0.2, -0.15) is 8.42 Å². The molecular weight excluding hydrogens is 194 g/mol. The van der Waals surface area contributed by atoms with Crippen LogP contribution in [0, 0.1) is 0 Å². The summed E-state index contributed by atoms with van der Waals surface area (Å²) >= 11 is 0. The Balaban J connectivity index is 5.13. The number of carbonyl (C=O) groups excluding carboxylic acids is 1. The lowest BCUT2D eigenvalue weighted by molar-refractivity contribution is -0.114. The van der Waals surface area contributed by atoms with Crippen molar-refractivity contribution in [1.82, 2.24) is 0 Å². The molecule has 3 N–H and O–H groups in total. The summed E-state index contributed by atoms with van der Waals surface area (Å²) in [6, 6.07) is 0. The molecule has 0 aromatic rings. The highest BCUT2D eigenvalue weighted by Gasteiger charge is 2.30. The van der Waals surface area contributed by atoms with Gasteiger partial charge in [0.15, 0.2) is 0 Å². The molecule has 6 heteroatoms. The molecule has 0 aliphatic carbocycles. The Morgan fingerprint density at radius 2 is 1.85 bits per heavy atom. The van der Waals surface area contributed by atoms with E-state index in [0.29, 0.717) is 0 Å². The van der Waals surface area contributed by atoms with Gasteiger partial charge in [0.25, 0.3) is 10.1 Å². The fourth-order valence-corrected chi connectivity index (χ4v) is 0.993. The van der Waals surface area contributed by atoms with Crippen molar-refractivity contribution >= 4 is 16.0 Å². The van der Waals surface area contributed by atoms with Crippen molar-refractivity contribution in [3.8, 4) is 0 Å². The maximum Gasteiger partial charge on any atom is 0.273 e. The molecule has 0 aliphatic heterocycles. The zero-order valence-corrected chi connectivity index (χ0v) is 8.55. The zero-order valence-electron chi connectivity index (χ0n) is 7.73. The topological polar surface area (TPSA) is 97.5 Å². The number of hydrogen-bond donors (Lipinski definition) is 2. The Labute approximate surface area is 77.4 Å². The Kier molecular flexibility index (Phi) is 3.23. The molecule has 0 aliphatic rings. The monoisotopic (exact) mass is 207 g/mol. The smallest absolute Gasteiger partial charge is 0.273 e. The van der Waals surface area contributed by atoms with Crippen LogP contribution in [-0.2, 0) is 14.9 Å². The summed E-state index contributed by atoms with van der Waals surface area (Å²) in [5.74, 6) is -0.711. The molecule has 0 bridgehead atoms. The van der Waals surface area contributed by atoms with Crippen molar-refractivity contribution in [2.24, 2.45) is 5.73 Å². The first kappa shape index (κ1) is 12.1. The van der Waals surface area contributed by atoms with E-state index in [1.165, 1.54) is 20.8 Å². The van der Waals surface area contributed by atoms with Crippen LogP contribution in [0.25, 0.3) is 0 Å². The highest BCUT2D eigenvalue weighted by atomic mass is 32.2. The van der Waals surface area contributed by atoms with Crippen LogP contribution in [0.5, 0.6) is 0 Å². The van der Waals surface area contributed by atoms with Crippen LogP contribution in [0.1, 0.15) is 20.8 Å². The molecule has 0 aromatic heterocycles. The number of amides is 1. The molecule has 0 rings (SSSR count). The van der Waals surface area contributed by atoms with Crippen LogP contribution in [0.2, 0.25) is 0 Å². The Bertz CT molecular complexity index is 340. The molecule has 0 saturated heterocycles. The standard InChI is InChI=1S/C7H13NO4S/c1-5(6(8)9)4-7(2,3)13(10,11)12/h4H,1-3H3,(H2,8,9)(H,10,11,12). The first-order chi connectivity index (χ1) is 5.58. The van der Waals surface area contributed by atoms with Gasteiger partial charge in [0.05, 0.1) is 0 Å². The quantitative estimate of drug-likeness (QED) is 0.506. The SMILES string of the molecule is CC(=CC(C)(C)S(=O)(=O)O)C(N)=O. The molecule has 0 unspecified atom stereocenters. The molecule has 13 heavy (non-hydrogen) atoms. The van der Waals surface area contributed by atoms with Crippen molar-refractivity contribution in [3.05, 3.63) is 11.6 Å². The third kappa shape index (κ3) is 3.16. The summed E-state index contributed by atoms with van der Waals surface area (Å²) in [4.78, 5) is 10.6. The van der Waals surface area contributed by atoms with Gasteiger partial charge in [0.1, 0.15) is 4.75 Å². The highest BCUT2D eigenvalue weighted by Crippen LogP contribution is 2.18. The third-order valence-corrected chi connectivity index (χ3v) is 3.07. The summed E-state index contributed by atoms with van der Waals surface area (Å²) < 4.78 is 28.8. The average molecular weight is 207 g/mol. The fraction of sp³-hybridized carbons (Fsp3) is 0.571. The van der Waals surface area contributed by atoms with Crippen molar-refractivity contribution in [1.29, 1.82) is 0 Å². The minimum Gasteiger partial charge on any atom is -0.366 e. The van der Waals surface area contributed by atoms with Gasteiger partial charge in [-0.1, -0.05) is 6.08 Å². The van der Waals surface area contributed by atoms with Crippen LogP contribution < -0.4 is 5.73 Å². The van der Waals surface area contributed by atoms with Crippen molar-refractivity contribution in [3.63, 3.8) is 0 Å². The van der Waals surface area contributed by atoms with Crippen molar-refractivity contribution in [2.75, 3.05) is 0 Å². The van der Waals surface area contributed by atoms with E-state index in [2.05, 4.69) is 0 Å². The zero-order chi connectivity index (χ0) is 10.9. The second kappa shape index (κ2) is 3.47. The second-order valence-corrected chi connectivity index (χ2v) is 5.27. The highest BCUT2D eigenvalue weighted by molar-refractivity contribution is 7.87. The normalized spacial score (nSPS) is 14.3. The number of rotatable bonds is 3. The van der Waals surface area contributed by atoms with Gasteiger partial charge in [0.2, 0.25) is 5.91 Å². The van der Waals surface area contributed by atoms with Crippen LogP contribution in [-0.4, -0.2) is 23.6 Å². The van der Waals surface area contributed by atoms with E-state index in [4.69, 9.17) is 10.3 Å². The maximum absolute atomic E-state index is 10.8. The van der Waals surface area contributed by atoms with Gasteiger partial charge in [-0.25, -0.2) is 0 Å². The van der Waals surface area contributed by atoms with Gasteiger partial charge in [-0.15, -0.1) is 0 Å². The molecule has 0 radical (unpaired) electrons. The lowest BCUT2D eigenvalue weighted by Gasteiger charge is -2.16. The van der Waals surface area contributed by atoms with Gasteiger partial charge < -0.3 is 5.73 Å². The molecule has 0 spiro atoms. The van der Waals surface area contributed by atoms with E-state index in [9.17, 15) is 13.2 Å². The molecule has 0 atom stereocenters. The minimum atomic E-state index is -4.22. The molecule has 5 nitrogen and oxygen atoms in total. The number of hydrogen-bond acceptors (Lipinski definition) is 3. The van der Waals surface area contributed by atoms with Gasteiger partial charge in [-0.05, 0) is 20.8 Å². The molecule has 0 saturated carbocycles. The summed E-state index contributed by atoms with van der Waals surface area (Å²) in [6.45, 7) is 3.93. The van der Waals surface area contributed by atoms with Crippen LogP contribution in [0.3, 0.4) is 0 Å². The lowest BCUT2D eigenvalue weighted by atomic mass is 10.1. The molecule has 0 heterocycles. The van der Waals surface area contributed by atoms with E-state index >= 15 is 0 Å². The minimum absolute atomic E-state index is 0.0997. The third-order valence-electron chi connectivity index (χ3n) is 1.62. The number of primary amides is 1. The number of nitrogens with two attached hydrogens (primary N) is 1. The van der Waals surface area contributed by atoms with Crippen molar-refractivity contribution < 1.29 is 17.8 Å². The van der Waals surface area contributed by atoms with Gasteiger partial charge in [0, 0.05) is 5.57 Å². The first-order valence-electron chi connectivity index (χ1n) is 3.54. The predicted molar refractivity (Wildman–Crippen MR) is 48.6 cm³/mol. The molecule has 76 valence electrons. The van der Waals surface area contributed by atoms with Crippen LogP contribution in [0.15, 0.2) is 11.6 Å². The Morgan fingerprint density at radius 1 is 1.46 bits per heavy atom. The first-order valence-corrected chi connectivity index (χ1v) is 4.98. The Hall–Kier alpha value is -0.880. The van der Waals surface area contributed by atoms with Gasteiger partial charge in [-0.3, -0.25) is 9.35 Å². The maximum atomic E-state index is 10.8. The molecule has 0 fully saturated rings. The summed E-state index contributed by atoms with van der Waals surface area (Å²) in [6.07, 6.45) is 1.12. The summed E-state index contributed by atoms with van der Waals surface area (Å²) in [7, 11) is -4.22. The van der Waals surface area contributed by atoms with Gasteiger partial charge >= 0.3 is 0 Å². The van der Waals surface area contributed by atoms with E-state index in [-0.39, 0.29) is 5.57 Å². The van der Waals surface area contributed by atoms with E-state index in [1.54, 1.807) is 0 Å². The lowest BCUT2D eigenvalue weighted by Crippen LogP contribution is -2.30. The summed E-state index contributed by atoms with van der Waals surface area (Å²) in [5.41, 5.74) is 5.00. The number of carbonyl (C=O) groups is 1. The van der Waals surface area contributed by atoms with Crippen LogP contribution in [0.4, 0.5) is 0 Å². The van der Waals surface area contributed by atoms with E-state index in [0.717, 1.165) is 6.08 Å². The second-order valence-electron chi connectivity index (χ2n) is 3.27. The van der Waals surface area contributed by atoms with Crippen molar-refractivity contribution in [2.45, 2.75) is 25.5 Å². The summed E-state index contributed by atoms with van der Waals surface area (Å²) in [5, 5.41) is 0. The Morgan fingerprint density at radius 3 is 2.08 bits per heavy atom. The molecule has 0 aromatic carbocycles. The van der Waals surface area contributed by atoms with E-state index < -0.39 is 20.8 Å². The average Bonchev–Trinajstić information content (AvgIpc) is 1.83. The van der Waals surface area contributed by atoms with Crippen LogP contribution >= 0.6 is 0 Å².